The molecule has 8 heteroatoms. The summed E-state index contributed by atoms with van der Waals surface area (Å²) in [4.78, 5) is 16.6. The van der Waals surface area contributed by atoms with Crippen molar-refractivity contribution in [1.82, 2.24) is 20.2 Å². The molecule has 3 heterocycles. The van der Waals surface area contributed by atoms with E-state index in [-0.39, 0.29) is 29.8 Å². The fourth-order valence-corrected chi connectivity index (χ4v) is 3.69. The first-order chi connectivity index (χ1) is 13.7. The van der Waals surface area contributed by atoms with Crippen LogP contribution in [0, 0.1) is 5.82 Å². The average Bonchev–Trinajstić information content (AvgIpc) is 3.14. The third-order valence-electron chi connectivity index (χ3n) is 5.17. The first-order valence-corrected chi connectivity index (χ1v) is 9.61. The quantitative estimate of drug-likeness (QED) is 0.323. The van der Waals surface area contributed by atoms with Gasteiger partial charge in [-0.3, -0.25) is 4.99 Å². The van der Waals surface area contributed by atoms with Crippen LogP contribution in [0.5, 0.6) is 0 Å². The van der Waals surface area contributed by atoms with E-state index in [2.05, 4.69) is 36.1 Å². The monoisotopic (exact) mass is 508 g/mol. The number of hydrogen-bond acceptors (Lipinski definition) is 3. The maximum Gasteiger partial charge on any atom is 0.193 e. The van der Waals surface area contributed by atoms with E-state index >= 15 is 0 Å². The molecule has 6 nitrogen and oxygen atoms in total. The maximum absolute atomic E-state index is 13.3. The Labute approximate surface area is 187 Å². The van der Waals surface area contributed by atoms with Crippen LogP contribution in [0.25, 0.3) is 10.9 Å². The highest BCUT2D eigenvalue weighted by Gasteiger charge is 2.20. The summed E-state index contributed by atoms with van der Waals surface area (Å²) in [6.07, 6.45) is 4.64. The molecule has 154 valence electrons. The van der Waals surface area contributed by atoms with E-state index < -0.39 is 0 Å². The number of benzene rings is 1. The van der Waals surface area contributed by atoms with E-state index in [1.54, 1.807) is 0 Å². The van der Waals surface area contributed by atoms with Crippen LogP contribution in [-0.2, 0) is 6.42 Å². The molecule has 0 saturated carbocycles. The highest BCUT2D eigenvalue weighted by Crippen LogP contribution is 2.19. The van der Waals surface area contributed by atoms with Crippen LogP contribution in [0.3, 0.4) is 0 Å². The number of pyridine rings is 1. The molecule has 1 aromatic carbocycles. The van der Waals surface area contributed by atoms with Gasteiger partial charge >= 0.3 is 0 Å². The largest absolute Gasteiger partial charge is 0.361 e. The molecule has 1 aliphatic rings. The smallest absolute Gasteiger partial charge is 0.193 e. The summed E-state index contributed by atoms with van der Waals surface area (Å²) in [5.41, 5.74) is 2.02. The molecular weight excluding hydrogens is 482 g/mol. The average molecular weight is 508 g/mol. The lowest BCUT2D eigenvalue weighted by molar-refractivity contribution is 0.372. The second-order valence-corrected chi connectivity index (χ2v) is 6.89. The van der Waals surface area contributed by atoms with Gasteiger partial charge < -0.3 is 20.1 Å². The Morgan fingerprint density at radius 2 is 2.03 bits per heavy atom. The Kier molecular flexibility index (Phi) is 7.29. The van der Waals surface area contributed by atoms with Crippen LogP contribution in [0.1, 0.15) is 5.56 Å². The zero-order valence-electron chi connectivity index (χ0n) is 16.4. The Morgan fingerprint density at radius 3 is 2.76 bits per heavy atom. The number of rotatable bonds is 4. The first kappa shape index (κ1) is 21.4. The SMILES string of the molecule is CN=C(NCCc1c[nH]c2cc(F)ccc12)N1CCN(c2ccccn2)CC1.I. The number of halogens is 2. The minimum Gasteiger partial charge on any atom is -0.361 e. The van der Waals surface area contributed by atoms with Crippen molar-refractivity contribution in [3.8, 4) is 0 Å². The molecule has 0 unspecified atom stereocenters. The third kappa shape index (κ3) is 4.98. The van der Waals surface area contributed by atoms with Crippen molar-refractivity contribution in [2.75, 3.05) is 44.7 Å². The molecular formula is C21H26FIN6. The zero-order valence-corrected chi connectivity index (χ0v) is 18.8. The van der Waals surface area contributed by atoms with Gasteiger partial charge in [-0.15, -0.1) is 24.0 Å². The van der Waals surface area contributed by atoms with E-state index in [1.807, 2.05) is 37.6 Å². The minimum atomic E-state index is -0.218. The molecule has 29 heavy (non-hydrogen) atoms. The Hall–Kier alpha value is -2.36. The fraction of sp³-hybridized carbons (Fsp3) is 0.333. The van der Waals surface area contributed by atoms with Crippen molar-refractivity contribution >= 4 is 46.7 Å². The Balaban J connectivity index is 0.00000240. The van der Waals surface area contributed by atoms with Crippen LogP contribution >= 0.6 is 24.0 Å². The molecule has 2 aromatic heterocycles. The molecule has 0 aliphatic carbocycles. The molecule has 1 fully saturated rings. The minimum absolute atomic E-state index is 0. The summed E-state index contributed by atoms with van der Waals surface area (Å²) < 4.78 is 13.3. The predicted octanol–water partition coefficient (Wildman–Crippen LogP) is 3.26. The van der Waals surface area contributed by atoms with Gasteiger partial charge in [-0.1, -0.05) is 6.07 Å². The number of aliphatic imine (C=N–C) groups is 1. The Bertz CT molecular complexity index is 950. The number of hydrogen-bond donors (Lipinski definition) is 2. The van der Waals surface area contributed by atoms with Crippen molar-refractivity contribution in [3.05, 3.63) is 60.2 Å². The molecule has 0 atom stereocenters. The first-order valence-electron chi connectivity index (χ1n) is 9.61. The van der Waals surface area contributed by atoms with Crippen molar-refractivity contribution in [3.63, 3.8) is 0 Å². The maximum atomic E-state index is 13.3. The second-order valence-electron chi connectivity index (χ2n) is 6.89. The lowest BCUT2D eigenvalue weighted by Crippen LogP contribution is -2.53. The number of guanidine groups is 1. The third-order valence-corrected chi connectivity index (χ3v) is 5.17. The predicted molar refractivity (Wildman–Crippen MR) is 127 cm³/mol. The van der Waals surface area contributed by atoms with Crippen molar-refractivity contribution in [2.24, 2.45) is 4.99 Å². The van der Waals surface area contributed by atoms with Gasteiger partial charge in [-0.2, -0.15) is 0 Å². The summed E-state index contributed by atoms with van der Waals surface area (Å²) in [5.74, 6) is 1.73. The topological polar surface area (TPSA) is 59.6 Å². The van der Waals surface area contributed by atoms with E-state index in [0.717, 1.165) is 61.8 Å². The van der Waals surface area contributed by atoms with Crippen LogP contribution in [0.2, 0.25) is 0 Å². The van der Waals surface area contributed by atoms with Gasteiger partial charge in [0.1, 0.15) is 11.6 Å². The van der Waals surface area contributed by atoms with Gasteiger partial charge in [0.2, 0.25) is 0 Å². The molecule has 2 N–H and O–H groups in total. The number of fused-ring (bicyclic) bond motifs is 1. The number of aromatic nitrogens is 2. The summed E-state index contributed by atoms with van der Waals surface area (Å²) in [7, 11) is 1.82. The van der Waals surface area contributed by atoms with Gasteiger partial charge in [-0.05, 0) is 42.3 Å². The van der Waals surface area contributed by atoms with Gasteiger partial charge in [-0.25, -0.2) is 9.37 Å². The number of nitrogens with zero attached hydrogens (tertiary/aromatic N) is 4. The van der Waals surface area contributed by atoms with Crippen LogP contribution in [-0.4, -0.2) is 60.6 Å². The molecule has 1 saturated heterocycles. The van der Waals surface area contributed by atoms with Gasteiger partial charge in [0.25, 0.3) is 0 Å². The molecule has 1 aliphatic heterocycles. The number of aromatic amines is 1. The standard InChI is InChI=1S/C21H25FN6.HI/c1-23-21(28-12-10-27(11-13-28)20-4-2-3-8-24-20)25-9-7-16-15-26-19-14-17(22)5-6-18(16)19;/h2-6,8,14-15,26H,7,9-13H2,1H3,(H,23,25);1H. The van der Waals surface area contributed by atoms with Crippen LogP contribution in [0.15, 0.2) is 53.8 Å². The van der Waals surface area contributed by atoms with Crippen molar-refractivity contribution in [2.45, 2.75) is 6.42 Å². The summed E-state index contributed by atoms with van der Waals surface area (Å²) in [5, 5.41) is 4.53. The van der Waals surface area contributed by atoms with E-state index in [4.69, 9.17) is 0 Å². The lowest BCUT2D eigenvalue weighted by atomic mass is 10.1. The number of nitrogens with one attached hydrogen (secondary N) is 2. The van der Waals surface area contributed by atoms with E-state index in [0.29, 0.717) is 0 Å². The van der Waals surface area contributed by atoms with E-state index in [1.165, 1.54) is 17.7 Å². The van der Waals surface area contributed by atoms with Crippen LogP contribution in [0.4, 0.5) is 10.2 Å². The molecule has 3 aromatic rings. The summed E-state index contributed by atoms with van der Waals surface area (Å²) >= 11 is 0. The highest BCUT2D eigenvalue weighted by molar-refractivity contribution is 14.0. The Morgan fingerprint density at radius 1 is 1.21 bits per heavy atom. The number of anilines is 1. The lowest BCUT2D eigenvalue weighted by Gasteiger charge is -2.37. The summed E-state index contributed by atoms with van der Waals surface area (Å²) in [6.45, 7) is 4.43. The van der Waals surface area contributed by atoms with Crippen molar-refractivity contribution < 1.29 is 4.39 Å². The molecule has 4 rings (SSSR count). The highest BCUT2D eigenvalue weighted by atomic mass is 127. The fourth-order valence-electron chi connectivity index (χ4n) is 3.69. The summed E-state index contributed by atoms with van der Waals surface area (Å²) in [6, 6.07) is 10.9. The molecule has 0 radical (unpaired) electrons. The van der Waals surface area contributed by atoms with Gasteiger partial charge in [0.15, 0.2) is 5.96 Å². The normalized spacial score (nSPS) is 14.8. The number of piperazine rings is 1. The van der Waals surface area contributed by atoms with E-state index in [9.17, 15) is 4.39 Å². The molecule has 0 amide bonds. The number of H-pyrrole nitrogens is 1. The van der Waals surface area contributed by atoms with Crippen LogP contribution < -0.4 is 10.2 Å². The van der Waals surface area contributed by atoms with Crippen molar-refractivity contribution in [1.29, 1.82) is 0 Å². The van der Waals surface area contributed by atoms with Gasteiger partial charge in [0.05, 0.1) is 0 Å². The van der Waals surface area contributed by atoms with Gasteiger partial charge in [0, 0.05) is 63.1 Å². The second kappa shape index (κ2) is 9.91. The zero-order chi connectivity index (χ0) is 19.3. The molecule has 0 bridgehead atoms. The molecule has 0 spiro atoms.